The first kappa shape index (κ1) is 15.7. The van der Waals surface area contributed by atoms with E-state index in [1.54, 1.807) is 0 Å². The molecule has 0 unspecified atom stereocenters. The highest BCUT2D eigenvalue weighted by atomic mass is 14.6. The van der Waals surface area contributed by atoms with E-state index < -0.39 is 6.28 Å². The van der Waals surface area contributed by atoms with Crippen molar-refractivity contribution >= 4 is 12.5 Å². The molecule has 2 heteroatoms. The summed E-state index contributed by atoms with van der Waals surface area (Å²) in [5, 5.41) is 0. The summed E-state index contributed by atoms with van der Waals surface area (Å²) in [5.41, 5.74) is 0. The van der Waals surface area contributed by atoms with Crippen LogP contribution in [0.25, 0.3) is 0 Å². The number of nitrogens with zero attached hydrogens (tertiary/aromatic N) is 1. The van der Waals surface area contributed by atoms with Crippen LogP contribution >= 0.6 is 0 Å². The van der Waals surface area contributed by atoms with Gasteiger partial charge in [-0.15, -0.1) is 0 Å². The van der Waals surface area contributed by atoms with Crippen LogP contribution in [0, 0.1) is 0 Å². The predicted octanol–water partition coefficient (Wildman–Crippen LogP) is 5.42. The summed E-state index contributed by atoms with van der Waals surface area (Å²) < 4.78 is 0. The molecule has 1 nitrogen and oxygen atoms in total. The van der Waals surface area contributed by atoms with E-state index in [9.17, 15) is 0 Å². The highest BCUT2D eigenvalue weighted by Gasteiger charge is 2.15. The van der Waals surface area contributed by atoms with E-state index >= 15 is 0 Å². The Kier molecular flexibility index (Phi) is 9.76. The predicted molar refractivity (Wildman–Crippen MR) is 79.1 cm³/mol. The van der Waals surface area contributed by atoms with Crippen LogP contribution in [0.5, 0.6) is 0 Å². The van der Waals surface area contributed by atoms with Crippen LogP contribution in [0.2, 0.25) is 19.0 Å². The van der Waals surface area contributed by atoms with E-state index in [1.807, 2.05) is 0 Å². The van der Waals surface area contributed by atoms with E-state index in [2.05, 4.69) is 33.9 Å². The second kappa shape index (κ2) is 9.93. The molecule has 0 saturated carbocycles. The molecular weight excluding hydrogens is 193 g/mol. The van der Waals surface area contributed by atoms with Crippen molar-refractivity contribution in [3.8, 4) is 0 Å². The Labute approximate surface area is 103 Å². The molecule has 0 atom stereocenters. The van der Waals surface area contributed by atoms with Gasteiger partial charge in [0.25, 0.3) is 0 Å². The molecule has 0 fully saturated rings. The van der Waals surface area contributed by atoms with Crippen molar-refractivity contribution in [3.63, 3.8) is 0 Å². The molecule has 0 N–H and O–H groups in total. The van der Waals surface area contributed by atoms with Crippen molar-refractivity contribution in [1.82, 2.24) is 0 Å². The molecule has 0 aromatic heterocycles. The molecule has 0 aromatic rings. The Balaban J connectivity index is 3.72. The summed E-state index contributed by atoms with van der Waals surface area (Å²) in [6.07, 6.45) is 13.5. The SMILES string of the molecule is CCCCCCC/C=N/[B-](CC)(CC)CC. The van der Waals surface area contributed by atoms with E-state index in [1.165, 1.54) is 57.5 Å². The molecule has 96 valence electrons. The highest BCUT2D eigenvalue weighted by molar-refractivity contribution is 6.78. The maximum atomic E-state index is 4.87. The molecular formula is C14H31BN-. The molecule has 0 bridgehead atoms. The van der Waals surface area contributed by atoms with Crippen molar-refractivity contribution in [2.24, 2.45) is 4.90 Å². The lowest BCUT2D eigenvalue weighted by atomic mass is 9.31. The van der Waals surface area contributed by atoms with Crippen LogP contribution < -0.4 is 0 Å². The zero-order valence-corrected chi connectivity index (χ0v) is 12.0. The lowest BCUT2D eigenvalue weighted by molar-refractivity contribution is 0.645. The average molecular weight is 224 g/mol. The van der Waals surface area contributed by atoms with Crippen LogP contribution in [0.4, 0.5) is 0 Å². The van der Waals surface area contributed by atoms with Crippen LogP contribution in [-0.4, -0.2) is 12.5 Å². The van der Waals surface area contributed by atoms with Gasteiger partial charge >= 0.3 is 0 Å². The first-order valence-electron chi connectivity index (χ1n) is 7.48. The Morgan fingerprint density at radius 3 is 1.88 bits per heavy atom. The van der Waals surface area contributed by atoms with Crippen LogP contribution in [0.15, 0.2) is 4.90 Å². The Hall–Kier alpha value is -0.265. The molecule has 0 radical (unpaired) electrons. The molecule has 0 saturated heterocycles. The summed E-state index contributed by atoms with van der Waals surface area (Å²) in [6, 6.07) is 0. The third-order valence-corrected chi connectivity index (χ3v) is 4.14. The third kappa shape index (κ3) is 6.35. The monoisotopic (exact) mass is 224 g/mol. The van der Waals surface area contributed by atoms with Crippen LogP contribution in [0.3, 0.4) is 0 Å². The van der Waals surface area contributed by atoms with Gasteiger partial charge in [-0.1, -0.05) is 53.4 Å². The van der Waals surface area contributed by atoms with Crippen molar-refractivity contribution < 1.29 is 0 Å². The van der Waals surface area contributed by atoms with Gasteiger partial charge in [-0.05, 0) is 19.1 Å². The van der Waals surface area contributed by atoms with Gasteiger partial charge in [0.15, 0.2) is 0 Å². The number of unbranched alkanes of at least 4 members (excludes halogenated alkanes) is 5. The molecule has 0 amide bonds. The minimum absolute atomic E-state index is 0.419. The van der Waals surface area contributed by atoms with Gasteiger partial charge < -0.3 is 4.90 Å². The normalized spacial score (nSPS) is 12.5. The van der Waals surface area contributed by atoms with E-state index in [0.29, 0.717) is 0 Å². The second-order valence-corrected chi connectivity index (χ2v) is 5.17. The van der Waals surface area contributed by atoms with E-state index in [-0.39, 0.29) is 0 Å². The maximum absolute atomic E-state index is 4.87. The van der Waals surface area contributed by atoms with Gasteiger partial charge in [0.1, 0.15) is 6.28 Å². The Bertz CT molecular complexity index is 165. The van der Waals surface area contributed by atoms with Crippen LogP contribution in [0.1, 0.15) is 66.2 Å². The van der Waals surface area contributed by atoms with Crippen LogP contribution in [-0.2, 0) is 0 Å². The summed E-state index contributed by atoms with van der Waals surface area (Å²) in [7, 11) is 0. The van der Waals surface area contributed by atoms with Gasteiger partial charge in [0.05, 0.1) is 0 Å². The molecule has 16 heavy (non-hydrogen) atoms. The van der Waals surface area contributed by atoms with Gasteiger partial charge in [0.2, 0.25) is 0 Å². The van der Waals surface area contributed by atoms with Gasteiger partial charge in [-0.3, -0.25) is 0 Å². The van der Waals surface area contributed by atoms with Gasteiger partial charge in [-0.2, -0.15) is 19.0 Å². The average Bonchev–Trinajstić information content (AvgIpc) is 2.34. The maximum Gasteiger partial charge on any atom is 0.104 e. The van der Waals surface area contributed by atoms with Crippen molar-refractivity contribution in [3.05, 3.63) is 0 Å². The molecule has 0 aliphatic heterocycles. The molecule has 0 aliphatic carbocycles. The van der Waals surface area contributed by atoms with Gasteiger partial charge in [0, 0.05) is 0 Å². The van der Waals surface area contributed by atoms with E-state index in [4.69, 9.17) is 4.90 Å². The summed E-state index contributed by atoms with van der Waals surface area (Å²) in [5.74, 6) is 0. The fourth-order valence-corrected chi connectivity index (χ4v) is 2.32. The standard InChI is InChI=1S/C14H31BN/c1-5-9-10-11-12-13-14-16-15(6-2,7-3)8-4/h14H,5-13H2,1-4H3/q-1/b16-14+. The molecule has 0 aromatic carbocycles. The number of hydrogen-bond acceptors (Lipinski definition) is 1. The lowest BCUT2D eigenvalue weighted by Crippen LogP contribution is -2.28. The van der Waals surface area contributed by atoms with E-state index in [0.717, 1.165) is 0 Å². The fraction of sp³-hybridized carbons (Fsp3) is 0.929. The van der Waals surface area contributed by atoms with Crippen molar-refractivity contribution in [2.45, 2.75) is 85.2 Å². The Morgan fingerprint density at radius 2 is 1.38 bits per heavy atom. The summed E-state index contributed by atoms with van der Waals surface area (Å²) in [4.78, 5) is 4.87. The highest BCUT2D eigenvalue weighted by Crippen LogP contribution is 2.21. The Morgan fingerprint density at radius 1 is 0.812 bits per heavy atom. The molecule has 0 spiro atoms. The lowest BCUT2D eigenvalue weighted by Gasteiger charge is -2.32. The largest absolute Gasteiger partial charge is 0.508 e. The number of hydrogen-bond donors (Lipinski definition) is 0. The number of rotatable bonds is 10. The fourth-order valence-electron chi connectivity index (χ4n) is 2.32. The summed E-state index contributed by atoms with van der Waals surface area (Å²) >= 11 is 0. The zero-order chi connectivity index (χ0) is 12.3. The quantitative estimate of drug-likeness (QED) is 0.267. The molecule has 0 aliphatic rings. The van der Waals surface area contributed by atoms with Crippen molar-refractivity contribution in [2.75, 3.05) is 0 Å². The topological polar surface area (TPSA) is 12.4 Å². The van der Waals surface area contributed by atoms with Gasteiger partial charge in [-0.25, -0.2) is 0 Å². The summed E-state index contributed by atoms with van der Waals surface area (Å²) in [6.45, 7) is 9.12. The third-order valence-electron chi connectivity index (χ3n) is 4.14. The zero-order valence-electron chi connectivity index (χ0n) is 12.0. The smallest absolute Gasteiger partial charge is 0.104 e. The minimum atomic E-state index is -0.419. The van der Waals surface area contributed by atoms with Crippen molar-refractivity contribution in [1.29, 1.82) is 0 Å². The molecule has 0 rings (SSSR count). The second-order valence-electron chi connectivity index (χ2n) is 5.17. The first-order valence-corrected chi connectivity index (χ1v) is 7.48. The molecule has 0 heterocycles. The minimum Gasteiger partial charge on any atom is -0.508 e. The first-order chi connectivity index (χ1) is 7.74.